The number of nitrogens with one attached hydrogen (secondary N) is 4. The van der Waals surface area contributed by atoms with Crippen LogP contribution in [-0.4, -0.2) is 43.1 Å². The van der Waals surface area contributed by atoms with E-state index in [9.17, 15) is 9.18 Å². The first-order valence-electron chi connectivity index (χ1n) is 9.30. The van der Waals surface area contributed by atoms with Crippen LogP contribution in [0.2, 0.25) is 0 Å². The van der Waals surface area contributed by atoms with Crippen LogP contribution in [0.4, 0.5) is 4.39 Å². The molecule has 0 spiro atoms. The van der Waals surface area contributed by atoms with Crippen molar-refractivity contribution in [2.45, 2.75) is 12.5 Å². The summed E-state index contributed by atoms with van der Waals surface area (Å²) in [6.07, 6.45) is 1.13. The van der Waals surface area contributed by atoms with Gasteiger partial charge in [0.1, 0.15) is 11.5 Å². The Labute approximate surface area is 171 Å². The molecule has 1 saturated heterocycles. The Bertz CT molecular complexity index is 942. The van der Waals surface area contributed by atoms with E-state index in [0.717, 1.165) is 48.1 Å². The van der Waals surface area contributed by atoms with E-state index in [4.69, 9.17) is 0 Å². The average molecular weight is 403 g/mol. The van der Waals surface area contributed by atoms with Crippen molar-refractivity contribution in [1.29, 1.82) is 0 Å². The number of aromatic amines is 1. The predicted molar refractivity (Wildman–Crippen MR) is 106 cm³/mol. The van der Waals surface area contributed by atoms with Crippen molar-refractivity contribution in [3.8, 4) is 11.1 Å². The summed E-state index contributed by atoms with van der Waals surface area (Å²) in [4.78, 5) is 15.6. The third kappa shape index (κ3) is 4.70. The van der Waals surface area contributed by atoms with Crippen molar-refractivity contribution in [3.63, 3.8) is 0 Å². The fraction of sp³-hybridized carbons (Fsp3) is 0.286. The van der Waals surface area contributed by atoms with Crippen LogP contribution in [0.3, 0.4) is 0 Å². The van der Waals surface area contributed by atoms with Gasteiger partial charge in [-0.3, -0.25) is 4.79 Å². The fourth-order valence-corrected chi connectivity index (χ4v) is 3.45. The molecule has 1 fully saturated rings. The molecule has 5 nitrogen and oxygen atoms in total. The monoisotopic (exact) mass is 402 g/mol. The molecule has 2 heterocycles. The van der Waals surface area contributed by atoms with Crippen molar-refractivity contribution >= 4 is 16.8 Å². The fourth-order valence-electron chi connectivity index (χ4n) is 3.45. The Hall–Kier alpha value is -2.41. The molecule has 0 bridgehead atoms. The van der Waals surface area contributed by atoms with Gasteiger partial charge in [-0.2, -0.15) is 0 Å². The van der Waals surface area contributed by atoms with Crippen molar-refractivity contribution in [2.75, 3.05) is 26.2 Å². The summed E-state index contributed by atoms with van der Waals surface area (Å²) < 4.78 is 13.1. The second-order valence-corrected chi connectivity index (χ2v) is 6.89. The van der Waals surface area contributed by atoms with E-state index in [1.54, 1.807) is 12.1 Å². The molecule has 1 unspecified atom stereocenters. The Morgan fingerprint density at radius 1 is 1.11 bits per heavy atom. The van der Waals surface area contributed by atoms with E-state index in [1.165, 1.54) is 12.1 Å². The zero-order valence-electron chi connectivity index (χ0n) is 16.4. The minimum atomic E-state index is -0.252. The van der Waals surface area contributed by atoms with Crippen molar-refractivity contribution in [1.82, 2.24) is 20.9 Å². The van der Waals surface area contributed by atoms with Crippen LogP contribution in [0.15, 0.2) is 48.5 Å². The largest absolute Gasteiger partial charge is 1.00 e. The lowest BCUT2D eigenvalue weighted by Gasteiger charge is -2.11. The number of hydrogen-bond donors (Lipinski definition) is 4. The maximum Gasteiger partial charge on any atom is 1.00 e. The maximum atomic E-state index is 13.1. The number of halogens is 2. The number of hydrogen-bond acceptors (Lipinski definition) is 3. The van der Waals surface area contributed by atoms with Crippen LogP contribution >= 0.6 is 0 Å². The van der Waals surface area contributed by atoms with E-state index in [1.807, 2.05) is 24.3 Å². The van der Waals surface area contributed by atoms with Crippen LogP contribution in [-0.2, 0) is 0 Å². The summed E-state index contributed by atoms with van der Waals surface area (Å²) in [7, 11) is 0. The van der Waals surface area contributed by atoms with Gasteiger partial charge in [0.15, 0.2) is 0 Å². The number of rotatable bonds is 6. The molecule has 0 saturated carbocycles. The van der Waals surface area contributed by atoms with Crippen LogP contribution in [0.1, 0.15) is 18.3 Å². The summed E-state index contributed by atoms with van der Waals surface area (Å²) in [5.74, 6) is -0.363. The molecule has 3 aromatic rings. The molecule has 1 aliphatic rings. The van der Waals surface area contributed by atoms with Gasteiger partial charge in [-0.25, -0.2) is 4.39 Å². The van der Waals surface area contributed by atoms with E-state index in [-0.39, 0.29) is 25.6 Å². The topological polar surface area (TPSA) is 69.0 Å². The molecule has 1 amide bonds. The molecule has 7 heteroatoms. The van der Waals surface area contributed by atoms with Gasteiger partial charge in [0.05, 0.1) is 0 Å². The lowest BCUT2D eigenvalue weighted by Crippen LogP contribution is -3.00. The first-order valence-corrected chi connectivity index (χ1v) is 9.30. The van der Waals surface area contributed by atoms with Crippen molar-refractivity contribution in [3.05, 3.63) is 60.0 Å². The van der Waals surface area contributed by atoms with Gasteiger partial charge in [-0.15, -0.1) is 0 Å². The highest BCUT2D eigenvalue weighted by molar-refractivity contribution is 5.98. The lowest BCUT2D eigenvalue weighted by molar-refractivity contribution is -0.0000143. The van der Waals surface area contributed by atoms with Gasteiger partial charge >= 0.3 is 1.43 Å². The van der Waals surface area contributed by atoms with E-state index in [0.29, 0.717) is 18.3 Å². The van der Waals surface area contributed by atoms with Gasteiger partial charge in [0.25, 0.3) is 5.91 Å². The second-order valence-electron chi connectivity index (χ2n) is 6.89. The zero-order chi connectivity index (χ0) is 18.6. The number of carbonyl (C=O) groups excluding carboxylic acids is 1. The lowest BCUT2D eigenvalue weighted by atomic mass is 10.0. The quantitative estimate of drug-likeness (QED) is 0.431. The Balaban J connectivity index is 0.00000150. The third-order valence-electron chi connectivity index (χ3n) is 4.95. The highest BCUT2D eigenvalue weighted by atomic mass is 35.5. The normalized spacial score (nSPS) is 16.1. The second kappa shape index (κ2) is 9.19. The number of carbonyl (C=O) groups is 1. The molecule has 1 aromatic heterocycles. The minimum Gasteiger partial charge on any atom is -1.00 e. The molecule has 4 N–H and O–H groups in total. The molecule has 4 rings (SSSR count). The average Bonchev–Trinajstić information content (AvgIpc) is 3.34. The number of benzene rings is 2. The van der Waals surface area contributed by atoms with Crippen LogP contribution in [0.5, 0.6) is 0 Å². The molecule has 0 radical (unpaired) electrons. The minimum absolute atomic E-state index is 0. The van der Waals surface area contributed by atoms with E-state index >= 15 is 0 Å². The first-order chi connectivity index (χ1) is 13.2. The summed E-state index contributed by atoms with van der Waals surface area (Å²) in [5.41, 5.74) is 3.35. The highest BCUT2D eigenvalue weighted by Gasteiger charge is 2.13. The number of aromatic nitrogens is 1. The predicted octanol–water partition coefficient (Wildman–Crippen LogP) is -0.228. The Morgan fingerprint density at radius 3 is 2.64 bits per heavy atom. The smallest absolute Gasteiger partial charge is 1.00 e. The molecular formula is C21H24ClFN4O. The van der Waals surface area contributed by atoms with Gasteiger partial charge in [0, 0.05) is 36.6 Å². The molecule has 1 atom stereocenters. The number of fused-ring (bicyclic) bond motifs is 1. The Morgan fingerprint density at radius 2 is 1.89 bits per heavy atom. The zero-order valence-corrected chi connectivity index (χ0v) is 16.2. The molecule has 1 aliphatic heterocycles. The molecule has 148 valence electrons. The molecule has 2 aromatic carbocycles. The summed E-state index contributed by atoms with van der Waals surface area (Å²) in [6, 6.07) is 14.7. The summed E-state index contributed by atoms with van der Waals surface area (Å²) >= 11 is 0. The SMILES string of the molecule is O=C(NCCNC1CCNC1)c1cc2ccc(-c3ccc(F)cc3)cc2[nH]1.[Cl-].[H+]. The highest BCUT2D eigenvalue weighted by Crippen LogP contribution is 2.25. The van der Waals surface area contributed by atoms with Crippen molar-refractivity contribution in [2.24, 2.45) is 0 Å². The summed E-state index contributed by atoms with van der Waals surface area (Å²) in [6.45, 7) is 3.39. The Kier molecular flexibility index (Phi) is 6.67. The van der Waals surface area contributed by atoms with E-state index in [2.05, 4.69) is 20.9 Å². The summed E-state index contributed by atoms with van der Waals surface area (Å²) in [5, 5.41) is 10.7. The van der Waals surface area contributed by atoms with Crippen LogP contribution < -0.4 is 28.4 Å². The molecule has 28 heavy (non-hydrogen) atoms. The maximum absolute atomic E-state index is 13.1. The van der Waals surface area contributed by atoms with Gasteiger partial charge < -0.3 is 33.3 Å². The number of H-pyrrole nitrogens is 1. The van der Waals surface area contributed by atoms with Gasteiger partial charge in [-0.1, -0.05) is 24.3 Å². The van der Waals surface area contributed by atoms with Crippen LogP contribution in [0.25, 0.3) is 22.0 Å². The van der Waals surface area contributed by atoms with Crippen LogP contribution in [0, 0.1) is 5.82 Å². The molecular weight excluding hydrogens is 379 g/mol. The standard InChI is InChI=1S/C21H23FN4O.ClH/c22-17-5-3-14(4-6-17)15-1-2-16-12-20(26-19(16)11-15)21(27)25-10-9-24-18-7-8-23-13-18;/h1-6,11-12,18,23-24,26H,7-10,13H2,(H,25,27);1H. The number of amides is 1. The molecule has 0 aliphatic carbocycles. The third-order valence-corrected chi connectivity index (χ3v) is 4.95. The van der Waals surface area contributed by atoms with Gasteiger partial charge in [0.2, 0.25) is 0 Å². The van der Waals surface area contributed by atoms with E-state index < -0.39 is 0 Å². The first kappa shape index (κ1) is 20.3. The van der Waals surface area contributed by atoms with Crippen molar-refractivity contribution < 1.29 is 23.0 Å². The van der Waals surface area contributed by atoms with Gasteiger partial charge in [-0.05, 0) is 48.4 Å².